The van der Waals surface area contributed by atoms with Crippen molar-refractivity contribution in [3.63, 3.8) is 0 Å². The van der Waals surface area contributed by atoms with E-state index in [0.29, 0.717) is 18.7 Å². The number of benzene rings is 2. The van der Waals surface area contributed by atoms with Crippen LogP contribution in [0.3, 0.4) is 0 Å². The Morgan fingerprint density at radius 1 is 1.25 bits per heavy atom. The summed E-state index contributed by atoms with van der Waals surface area (Å²) in [5.74, 6) is -0.0124. The van der Waals surface area contributed by atoms with Crippen molar-refractivity contribution >= 4 is 28.8 Å². The van der Waals surface area contributed by atoms with E-state index in [0.717, 1.165) is 29.2 Å². The maximum Gasteiger partial charge on any atom is 0.407 e. The van der Waals surface area contributed by atoms with Crippen molar-refractivity contribution in [1.82, 2.24) is 10.2 Å². The van der Waals surface area contributed by atoms with Gasteiger partial charge in [-0.25, -0.2) is 4.79 Å². The van der Waals surface area contributed by atoms with Crippen LogP contribution in [0.2, 0.25) is 0 Å². The van der Waals surface area contributed by atoms with E-state index in [1.54, 1.807) is 0 Å². The maximum atomic E-state index is 13.0. The molecule has 0 saturated carbocycles. The van der Waals surface area contributed by atoms with Gasteiger partial charge in [-0.1, -0.05) is 36.9 Å². The first-order valence-electron chi connectivity index (χ1n) is 9.71. The van der Waals surface area contributed by atoms with Crippen molar-refractivity contribution in [2.75, 3.05) is 13.1 Å². The molecule has 1 atom stereocenters. The van der Waals surface area contributed by atoms with Gasteiger partial charge in [0.05, 0.1) is 0 Å². The lowest BCUT2D eigenvalue weighted by Crippen LogP contribution is -2.50. The van der Waals surface area contributed by atoms with Crippen LogP contribution in [0.25, 0.3) is 16.8 Å². The number of likely N-dealkylation sites (tertiary alicyclic amines) is 1. The number of carbonyl (C=O) groups is 2. The Hall–Kier alpha value is -2.82. The molecule has 2 aromatic carbocycles. The van der Waals surface area contributed by atoms with Crippen LogP contribution in [0.15, 0.2) is 43.0 Å². The summed E-state index contributed by atoms with van der Waals surface area (Å²) in [4.78, 5) is 26.9. The van der Waals surface area contributed by atoms with Crippen LogP contribution in [0, 0.1) is 0 Å². The van der Waals surface area contributed by atoms with Gasteiger partial charge in [0, 0.05) is 24.7 Å². The lowest BCUT2D eigenvalue weighted by Gasteiger charge is -2.33. The zero-order valence-corrected chi connectivity index (χ0v) is 16.8. The predicted octanol–water partition coefficient (Wildman–Crippen LogP) is 4.61. The fraction of sp³-hybridized carbons (Fsp3) is 0.391. The van der Waals surface area contributed by atoms with Crippen LogP contribution in [0.4, 0.5) is 4.79 Å². The standard InChI is InChI=1S/C23H28N2O3/c1-5-16-8-6-9-17-14-18(11-12-20(16)17)21(26)25-13-7-10-19(15-25)24-22(27)28-23(2,3)4/h5-6,8-9,11-12,14,19H,1,7,10,13,15H2,2-4H3,(H,24,27)/t19-/m0/s1. The molecule has 0 bridgehead atoms. The van der Waals surface area contributed by atoms with Crippen LogP contribution in [-0.4, -0.2) is 41.6 Å². The number of fused-ring (bicyclic) bond motifs is 1. The van der Waals surface area contributed by atoms with Crippen LogP contribution < -0.4 is 5.32 Å². The molecular weight excluding hydrogens is 352 g/mol. The Balaban J connectivity index is 1.71. The number of nitrogens with one attached hydrogen (secondary N) is 1. The highest BCUT2D eigenvalue weighted by Crippen LogP contribution is 2.23. The third kappa shape index (κ3) is 4.71. The van der Waals surface area contributed by atoms with E-state index in [-0.39, 0.29) is 11.9 Å². The first kappa shape index (κ1) is 19.9. The zero-order valence-electron chi connectivity index (χ0n) is 16.8. The summed E-state index contributed by atoms with van der Waals surface area (Å²) < 4.78 is 5.33. The predicted molar refractivity (Wildman–Crippen MR) is 112 cm³/mol. The molecule has 0 aromatic heterocycles. The SMILES string of the molecule is C=Cc1cccc2cc(C(=O)N3CCC[C@H](NC(=O)OC(C)(C)C)C3)ccc12. The third-order valence-electron chi connectivity index (χ3n) is 4.81. The van der Waals surface area contributed by atoms with Gasteiger partial charge in [-0.3, -0.25) is 4.79 Å². The molecule has 28 heavy (non-hydrogen) atoms. The molecule has 1 aliphatic heterocycles. The molecule has 1 fully saturated rings. The number of piperidine rings is 1. The van der Waals surface area contributed by atoms with Gasteiger partial charge < -0.3 is 15.0 Å². The van der Waals surface area contributed by atoms with Crippen molar-refractivity contribution in [2.45, 2.75) is 45.3 Å². The number of hydrogen-bond donors (Lipinski definition) is 1. The van der Waals surface area contributed by atoms with Gasteiger partial charge in [-0.15, -0.1) is 0 Å². The minimum absolute atomic E-state index is 0.0124. The van der Waals surface area contributed by atoms with Crippen LogP contribution in [-0.2, 0) is 4.74 Å². The average molecular weight is 380 g/mol. The first-order chi connectivity index (χ1) is 13.3. The number of hydrogen-bond acceptors (Lipinski definition) is 3. The fourth-order valence-corrected chi connectivity index (χ4v) is 3.56. The molecule has 0 spiro atoms. The van der Waals surface area contributed by atoms with E-state index in [4.69, 9.17) is 4.74 Å². The average Bonchev–Trinajstić information content (AvgIpc) is 2.65. The van der Waals surface area contributed by atoms with E-state index in [2.05, 4.69) is 11.9 Å². The Morgan fingerprint density at radius 3 is 2.75 bits per heavy atom. The summed E-state index contributed by atoms with van der Waals surface area (Å²) in [6, 6.07) is 11.6. The molecule has 0 unspecified atom stereocenters. The van der Waals surface area contributed by atoms with Gasteiger partial charge in [-0.2, -0.15) is 0 Å². The Bertz CT molecular complexity index is 898. The highest BCUT2D eigenvalue weighted by atomic mass is 16.6. The summed E-state index contributed by atoms with van der Waals surface area (Å²) in [6.45, 7) is 10.5. The Labute approximate surface area is 166 Å². The topological polar surface area (TPSA) is 58.6 Å². The molecule has 1 saturated heterocycles. The van der Waals surface area contributed by atoms with E-state index in [1.165, 1.54) is 0 Å². The molecular formula is C23H28N2O3. The summed E-state index contributed by atoms with van der Waals surface area (Å²) in [5.41, 5.74) is 1.17. The van der Waals surface area contributed by atoms with Crippen LogP contribution in [0.5, 0.6) is 0 Å². The number of carbonyl (C=O) groups excluding carboxylic acids is 2. The van der Waals surface area contributed by atoms with E-state index < -0.39 is 11.7 Å². The summed E-state index contributed by atoms with van der Waals surface area (Å²) in [7, 11) is 0. The van der Waals surface area contributed by atoms with E-state index in [9.17, 15) is 9.59 Å². The highest BCUT2D eigenvalue weighted by Gasteiger charge is 2.27. The van der Waals surface area contributed by atoms with Gasteiger partial charge in [0.1, 0.15) is 5.60 Å². The maximum absolute atomic E-state index is 13.0. The van der Waals surface area contributed by atoms with Gasteiger partial charge in [0.2, 0.25) is 0 Å². The van der Waals surface area contributed by atoms with Gasteiger partial charge in [0.15, 0.2) is 0 Å². The van der Waals surface area contributed by atoms with E-state index in [1.807, 2.05) is 68.1 Å². The second-order valence-corrected chi connectivity index (χ2v) is 8.22. The number of alkyl carbamates (subject to hydrolysis) is 1. The molecule has 1 aliphatic rings. The molecule has 148 valence electrons. The van der Waals surface area contributed by atoms with Crippen molar-refractivity contribution in [3.8, 4) is 0 Å². The second-order valence-electron chi connectivity index (χ2n) is 8.22. The summed E-state index contributed by atoms with van der Waals surface area (Å²) in [5, 5.41) is 4.99. The Morgan fingerprint density at radius 2 is 2.04 bits per heavy atom. The number of rotatable bonds is 3. The van der Waals surface area contributed by atoms with Crippen molar-refractivity contribution in [1.29, 1.82) is 0 Å². The van der Waals surface area contributed by atoms with Crippen LogP contribution in [0.1, 0.15) is 49.5 Å². The van der Waals surface area contributed by atoms with Gasteiger partial charge in [0.25, 0.3) is 5.91 Å². The molecule has 2 amide bonds. The van der Waals surface area contributed by atoms with Crippen LogP contribution >= 0.6 is 0 Å². The van der Waals surface area contributed by atoms with Gasteiger partial charge in [-0.05, 0) is 62.1 Å². The molecule has 3 rings (SSSR count). The number of nitrogens with zero attached hydrogens (tertiary/aromatic N) is 1. The molecule has 0 aliphatic carbocycles. The molecule has 1 heterocycles. The Kier molecular flexibility index (Phi) is 5.73. The second kappa shape index (κ2) is 8.05. The molecule has 5 nitrogen and oxygen atoms in total. The molecule has 0 radical (unpaired) electrons. The van der Waals surface area contributed by atoms with Crippen molar-refractivity contribution in [2.24, 2.45) is 0 Å². The third-order valence-corrected chi connectivity index (χ3v) is 4.81. The largest absolute Gasteiger partial charge is 0.444 e. The molecule has 2 aromatic rings. The monoisotopic (exact) mass is 380 g/mol. The number of ether oxygens (including phenoxy) is 1. The van der Waals surface area contributed by atoms with Gasteiger partial charge >= 0.3 is 6.09 Å². The smallest absolute Gasteiger partial charge is 0.407 e. The summed E-state index contributed by atoms with van der Waals surface area (Å²) in [6.07, 6.45) is 3.07. The lowest BCUT2D eigenvalue weighted by atomic mass is 10.0. The van der Waals surface area contributed by atoms with Crippen molar-refractivity contribution < 1.29 is 14.3 Å². The summed E-state index contributed by atoms with van der Waals surface area (Å²) >= 11 is 0. The minimum Gasteiger partial charge on any atom is -0.444 e. The van der Waals surface area contributed by atoms with E-state index >= 15 is 0 Å². The lowest BCUT2D eigenvalue weighted by molar-refractivity contribution is 0.0452. The minimum atomic E-state index is -0.538. The fourth-order valence-electron chi connectivity index (χ4n) is 3.56. The highest BCUT2D eigenvalue weighted by molar-refractivity contribution is 6.00. The zero-order chi connectivity index (χ0) is 20.3. The normalized spacial score (nSPS) is 17.2. The molecule has 5 heteroatoms. The molecule has 1 N–H and O–H groups in total. The quantitative estimate of drug-likeness (QED) is 0.846. The number of amides is 2. The van der Waals surface area contributed by atoms with Crippen molar-refractivity contribution in [3.05, 3.63) is 54.1 Å². The first-order valence-corrected chi connectivity index (χ1v) is 9.71.